The molecule has 122 valence electrons. The number of nitrogens with two attached hydrogens (primary N) is 1. The first-order valence-electron chi connectivity index (χ1n) is 7.02. The monoisotopic (exact) mass is 320 g/mol. The molecule has 1 aliphatic heterocycles. The summed E-state index contributed by atoms with van der Waals surface area (Å²) in [5.74, 6) is -0.515. The Hall–Kier alpha value is -2.42. The number of carboxylic acid groups (broad SMARTS) is 1. The van der Waals surface area contributed by atoms with E-state index < -0.39 is 24.5 Å². The fourth-order valence-corrected chi connectivity index (χ4v) is 2.52. The zero-order valence-electron chi connectivity index (χ0n) is 12.0. The average Bonchev–Trinajstić information content (AvgIpc) is 2.86. The van der Waals surface area contributed by atoms with Crippen molar-refractivity contribution >= 4 is 22.7 Å². The summed E-state index contributed by atoms with van der Waals surface area (Å²) in [6, 6.07) is 5.93. The number of aromatic carboxylic acids is 1. The van der Waals surface area contributed by atoms with Crippen LogP contribution >= 0.6 is 0 Å². The maximum absolute atomic E-state index is 11.0. The highest BCUT2D eigenvalue weighted by molar-refractivity contribution is 5.95. The predicted molar refractivity (Wildman–Crippen MR) is 80.1 cm³/mol. The second-order valence-corrected chi connectivity index (χ2v) is 5.29. The van der Waals surface area contributed by atoms with Crippen LogP contribution in [-0.2, 0) is 4.74 Å². The van der Waals surface area contributed by atoms with Gasteiger partial charge >= 0.3 is 5.97 Å². The van der Waals surface area contributed by atoms with E-state index in [-0.39, 0.29) is 24.4 Å². The first kappa shape index (κ1) is 15.5. The highest BCUT2D eigenvalue weighted by Crippen LogP contribution is 2.31. The van der Waals surface area contributed by atoms with Crippen molar-refractivity contribution in [3.8, 4) is 5.75 Å². The van der Waals surface area contributed by atoms with E-state index in [1.807, 2.05) is 0 Å². The Kier molecular flexibility index (Phi) is 4.03. The lowest BCUT2D eigenvalue weighted by atomic mass is 10.1. The molecule has 0 bridgehead atoms. The third-order valence-corrected chi connectivity index (χ3v) is 3.67. The molecule has 1 aromatic heterocycles. The van der Waals surface area contributed by atoms with Gasteiger partial charge in [0, 0.05) is 17.9 Å². The van der Waals surface area contributed by atoms with Crippen LogP contribution in [0.3, 0.4) is 0 Å². The lowest BCUT2D eigenvalue weighted by Crippen LogP contribution is -2.24. The summed E-state index contributed by atoms with van der Waals surface area (Å²) in [6.45, 7) is -0.303. The van der Waals surface area contributed by atoms with Crippen molar-refractivity contribution in [1.29, 1.82) is 0 Å². The van der Waals surface area contributed by atoms with E-state index in [4.69, 9.17) is 25.4 Å². The van der Waals surface area contributed by atoms with E-state index in [2.05, 4.69) is 4.98 Å². The van der Waals surface area contributed by atoms with Crippen LogP contribution in [0.5, 0.6) is 5.75 Å². The quantitative estimate of drug-likeness (QED) is 0.634. The molecule has 1 aliphatic rings. The van der Waals surface area contributed by atoms with Gasteiger partial charge in [0.25, 0.3) is 0 Å². The number of fused-ring (bicyclic) bond motifs is 1. The van der Waals surface area contributed by atoms with Crippen LogP contribution in [-0.4, -0.2) is 51.4 Å². The summed E-state index contributed by atoms with van der Waals surface area (Å²) >= 11 is 0. The van der Waals surface area contributed by atoms with E-state index in [0.29, 0.717) is 16.7 Å². The number of hydrogen-bond acceptors (Lipinski definition) is 7. The number of hydrogen-bond donors (Lipinski definition) is 4. The molecule has 8 heteroatoms. The van der Waals surface area contributed by atoms with Gasteiger partial charge < -0.3 is 30.5 Å². The van der Waals surface area contributed by atoms with Gasteiger partial charge in [-0.15, -0.1) is 0 Å². The molecular formula is C15H16N2O6. The number of aliphatic hydroxyl groups is 2. The summed E-state index contributed by atoms with van der Waals surface area (Å²) in [5.41, 5.74) is 6.22. The Morgan fingerprint density at radius 3 is 2.87 bits per heavy atom. The number of aliphatic hydroxyl groups excluding tert-OH is 2. The molecule has 2 heterocycles. The molecule has 5 N–H and O–H groups in total. The minimum Gasteiger partial charge on any atom is -0.478 e. The number of carboxylic acids is 1. The van der Waals surface area contributed by atoms with Gasteiger partial charge in [0.05, 0.1) is 23.8 Å². The molecule has 8 nitrogen and oxygen atoms in total. The van der Waals surface area contributed by atoms with E-state index in [1.165, 1.54) is 18.2 Å². The van der Waals surface area contributed by atoms with E-state index in [0.717, 1.165) is 0 Å². The van der Waals surface area contributed by atoms with Crippen molar-refractivity contribution in [3.63, 3.8) is 0 Å². The molecule has 0 spiro atoms. The summed E-state index contributed by atoms with van der Waals surface area (Å²) in [4.78, 5) is 15.1. The van der Waals surface area contributed by atoms with Gasteiger partial charge in [-0.3, -0.25) is 0 Å². The maximum atomic E-state index is 11.0. The molecule has 0 aliphatic carbocycles. The summed E-state index contributed by atoms with van der Waals surface area (Å²) in [7, 11) is 0. The molecule has 2 aromatic rings. The number of nitrogen functional groups attached to an aromatic ring is 1. The van der Waals surface area contributed by atoms with Crippen LogP contribution in [0.2, 0.25) is 0 Å². The fraction of sp³-hybridized carbons (Fsp3) is 0.333. The van der Waals surface area contributed by atoms with Crippen LogP contribution in [0, 0.1) is 0 Å². The molecule has 0 radical (unpaired) electrons. The largest absolute Gasteiger partial charge is 0.478 e. The number of benzene rings is 1. The minimum atomic E-state index is -1.06. The highest BCUT2D eigenvalue weighted by atomic mass is 16.7. The Labute approximate surface area is 131 Å². The highest BCUT2D eigenvalue weighted by Gasteiger charge is 2.35. The van der Waals surface area contributed by atoms with E-state index in [1.54, 1.807) is 6.07 Å². The number of rotatable bonds is 4. The topological polar surface area (TPSA) is 135 Å². The Morgan fingerprint density at radius 1 is 1.43 bits per heavy atom. The maximum Gasteiger partial charge on any atom is 0.335 e. The SMILES string of the molecule is Nc1cc(O[C@H]2C[C@H](O)[C@@H](CO)O2)c2ccc(C(=O)O)cc2n1. The Balaban J connectivity index is 1.93. The molecule has 1 saturated heterocycles. The van der Waals surface area contributed by atoms with Gasteiger partial charge in [0.2, 0.25) is 6.29 Å². The first-order valence-corrected chi connectivity index (χ1v) is 7.02. The zero-order valence-corrected chi connectivity index (χ0v) is 12.0. The van der Waals surface area contributed by atoms with Crippen LogP contribution in [0.15, 0.2) is 24.3 Å². The van der Waals surface area contributed by atoms with Gasteiger partial charge in [-0.1, -0.05) is 0 Å². The van der Waals surface area contributed by atoms with Gasteiger partial charge in [-0.05, 0) is 18.2 Å². The van der Waals surface area contributed by atoms with Crippen molar-refractivity contribution in [1.82, 2.24) is 4.98 Å². The fourth-order valence-electron chi connectivity index (χ4n) is 2.52. The molecule has 0 saturated carbocycles. The molecular weight excluding hydrogens is 304 g/mol. The number of carbonyl (C=O) groups is 1. The summed E-state index contributed by atoms with van der Waals surface area (Å²) in [5, 5.41) is 28.4. The van der Waals surface area contributed by atoms with Crippen molar-refractivity contribution in [3.05, 3.63) is 29.8 Å². The third kappa shape index (κ3) is 3.04. The van der Waals surface area contributed by atoms with Crippen molar-refractivity contribution in [2.24, 2.45) is 0 Å². The Bertz CT molecular complexity index is 750. The molecule has 1 aromatic carbocycles. The number of pyridine rings is 1. The zero-order chi connectivity index (χ0) is 16.6. The molecule has 23 heavy (non-hydrogen) atoms. The lowest BCUT2D eigenvalue weighted by molar-refractivity contribution is -0.0926. The Morgan fingerprint density at radius 2 is 2.22 bits per heavy atom. The smallest absolute Gasteiger partial charge is 0.335 e. The lowest BCUT2D eigenvalue weighted by Gasteiger charge is -2.16. The number of nitrogens with zero attached hydrogens (tertiary/aromatic N) is 1. The van der Waals surface area contributed by atoms with Crippen LogP contribution < -0.4 is 10.5 Å². The van der Waals surface area contributed by atoms with E-state index >= 15 is 0 Å². The summed E-state index contributed by atoms with van der Waals surface area (Å²) < 4.78 is 11.1. The van der Waals surface area contributed by atoms with Crippen molar-refractivity contribution in [2.45, 2.75) is 24.9 Å². The van der Waals surface area contributed by atoms with Gasteiger partial charge in [-0.2, -0.15) is 0 Å². The van der Waals surface area contributed by atoms with Crippen LogP contribution in [0.1, 0.15) is 16.8 Å². The number of aromatic nitrogens is 1. The molecule has 0 unspecified atom stereocenters. The number of anilines is 1. The van der Waals surface area contributed by atoms with Crippen LogP contribution in [0.4, 0.5) is 5.82 Å². The van der Waals surface area contributed by atoms with E-state index in [9.17, 15) is 9.90 Å². The van der Waals surface area contributed by atoms with Crippen LogP contribution in [0.25, 0.3) is 10.9 Å². The van der Waals surface area contributed by atoms with Crippen molar-refractivity contribution in [2.75, 3.05) is 12.3 Å². The third-order valence-electron chi connectivity index (χ3n) is 3.67. The first-order chi connectivity index (χ1) is 11.0. The van der Waals surface area contributed by atoms with Gasteiger partial charge in [0.1, 0.15) is 17.7 Å². The van der Waals surface area contributed by atoms with Crippen molar-refractivity contribution < 1.29 is 29.6 Å². The second-order valence-electron chi connectivity index (χ2n) is 5.29. The summed E-state index contributed by atoms with van der Waals surface area (Å²) in [6.07, 6.45) is -2.02. The molecule has 3 rings (SSSR count). The minimum absolute atomic E-state index is 0.0921. The predicted octanol–water partition coefficient (Wildman–Crippen LogP) is 0.362. The molecule has 1 fully saturated rings. The van der Waals surface area contributed by atoms with Gasteiger partial charge in [0.15, 0.2) is 0 Å². The second kappa shape index (κ2) is 5.99. The standard InChI is InChI=1S/C15H16N2O6/c16-13-5-11(22-14-4-10(19)12(6-18)23-14)8-2-1-7(15(20)21)3-9(8)17-13/h1-3,5,10,12,14,18-19H,4,6H2,(H2,16,17)(H,20,21)/t10-,12+,14+/m0/s1. The van der Waals surface area contributed by atoms with Gasteiger partial charge in [-0.25, -0.2) is 9.78 Å². The number of ether oxygens (including phenoxy) is 2. The normalized spacial score (nSPS) is 24.0. The molecule has 3 atom stereocenters. The average molecular weight is 320 g/mol. The molecule has 0 amide bonds.